The molecule has 158 valence electrons. The van der Waals surface area contributed by atoms with Gasteiger partial charge in [0.1, 0.15) is 5.75 Å². The van der Waals surface area contributed by atoms with Crippen molar-refractivity contribution in [3.63, 3.8) is 0 Å². The molecule has 0 unspecified atom stereocenters. The molecule has 0 radical (unpaired) electrons. The molecule has 0 aliphatic heterocycles. The van der Waals surface area contributed by atoms with Crippen molar-refractivity contribution in [2.45, 2.75) is 50.2 Å². The van der Waals surface area contributed by atoms with Crippen LogP contribution < -0.4 is 10.1 Å². The van der Waals surface area contributed by atoms with E-state index in [-0.39, 0.29) is 17.1 Å². The number of aromatic nitrogens is 3. The molecule has 1 fully saturated rings. The Balaban J connectivity index is 1.47. The molecule has 1 saturated carbocycles. The predicted molar refractivity (Wildman–Crippen MR) is 123 cm³/mol. The van der Waals surface area contributed by atoms with Gasteiger partial charge in [-0.25, -0.2) is 0 Å². The number of carbonyl (C=O) groups is 1. The van der Waals surface area contributed by atoms with Gasteiger partial charge in [0.05, 0.1) is 23.4 Å². The van der Waals surface area contributed by atoms with Gasteiger partial charge in [-0.05, 0) is 47.4 Å². The van der Waals surface area contributed by atoms with Gasteiger partial charge in [0, 0.05) is 6.04 Å². The van der Waals surface area contributed by atoms with Gasteiger partial charge in [-0.1, -0.05) is 44.7 Å². The number of anilines is 1. The Labute approximate surface area is 185 Å². The number of nitrogens with one attached hydrogen (secondary N) is 1. The maximum absolute atomic E-state index is 12.7. The molecule has 8 heteroatoms. The molecule has 2 aromatic heterocycles. The van der Waals surface area contributed by atoms with Crippen molar-refractivity contribution in [3.05, 3.63) is 41.3 Å². The number of hydrogen-bond donors (Lipinski definition) is 1. The van der Waals surface area contributed by atoms with E-state index in [0.717, 1.165) is 34.3 Å². The third kappa shape index (κ3) is 4.54. The molecule has 1 aromatic carbocycles. The highest BCUT2D eigenvalue weighted by atomic mass is 32.2. The van der Waals surface area contributed by atoms with Crippen LogP contribution in [0.5, 0.6) is 5.75 Å². The Kier molecular flexibility index (Phi) is 5.88. The molecule has 1 aliphatic rings. The van der Waals surface area contributed by atoms with Gasteiger partial charge in [0.15, 0.2) is 11.0 Å². The normalized spacial score (nSPS) is 14.0. The van der Waals surface area contributed by atoms with Crippen molar-refractivity contribution in [2.75, 3.05) is 18.2 Å². The first-order valence-electron chi connectivity index (χ1n) is 9.97. The summed E-state index contributed by atoms with van der Waals surface area (Å²) in [5, 5.41) is 14.6. The molecule has 30 heavy (non-hydrogen) atoms. The molecule has 3 aromatic rings. The highest BCUT2D eigenvalue weighted by molar-refractivity contribution is 7.99. The summed E-state index contributed by atoms with van der Waals surface area (Å²) in [5.41, 5.74) is 1.82. The fourth-order valence-electron chi connectivity index (χ4n) is 3.20. The third-order valence-corrected chi connectivity index (χ3v) is 6.80. The van der Waals surface area contributed by atoms with Crippen molar-refractivity contribution in [2.24, 2.45) is 0 Å². The molecule has 4 rings (SSSR count). The lowest BCUT2D eigenvalue weighted by Gasteiger charge is -2.21. The van der Waals surface area contributed by atoms with Gasteiger partial charge in [-0.3, -0.25) is 9.36 Å². The standard InChI is InChI=1S/C22H26N4O2S2/c1-22(2,3)14-7-10-17(28-4)16(12-14)23-19(27)13-30-21-25-24-20(18-6-5-11-29-18)26(21)15-8-9-15/h5-7,10-12,15H,8-9,13H2,1-4H3,(H,23,27). The zero-order valence-corrected chi connectivity index (χ0v) is 19.3. The monoisotopic (exact) mass is 442 g/mol. The first-order valence-corrected chi connectivity index (χ1v) is 11.8. The number of benzene rings is 1. The Hall–Kier alpha value is -2.32. The summed E-state index contributed by atoms with van der Waals surface area (Å²) in [6.07, 6.45) is 2.26. The molecule has 1 N–H and O–H groups in total. The summed E-state index contributed by atoms with van der Waals surface area (Å²) in [7, 11) is 1.61. The van der Waals surface area contributed by atoms with Crippen molar-refractivity contribution in [1.82, 2.24) is 14.8 Å². The average molecular weight is 443 g/mol. The van der Waals surface area contributed by atoms with E-state index in [1.807, 2.05) is 29.6 Å². The Bertz CT molecular complexity index is 1030. The fraction of sp³-hybridized carbons (Fsp3) is 0.409. The molecule has 0 spiro atoms. The van der Waals surface area contributed by atoms with Gasteiger partial charge >= 0.3 is 0 Å². The van der Waals surface area contributed by atoms with Crippen molar-refractivity contribution >= 4 is 34.7 Å². The minimum absolute atomic E-state index is 0.0145. The van der Waals surface area contributed by atoms with Gasteiger partial charge in [-0.15, -0.1) is 21.5 Å². The maximum Gasteiger partial charge on any atom is 0.234 e. The Morgan fingerprint density at radius 3 is 2.73 bits per heavy atom. The summed E-state index contributed by atoms with van der Waals surface area (Å²) in [5.74, 6) is 1.72. The number of amides is 1. The van der Waals surface area contributed by atoms with Gasteiger partial charge < -0.3 is 10.1 Å². The van der Waals surface area contributed by atoms with Crippen LogP contribution in [0, 0.1) is 0 Å². The molecule has 0 atom stereocenters. The minimum Gasteiger partial charge on any atom is -0.495 e. The molecule has 2 heterocycles. The summed E-state index contributed by atoms with van der Waals surface area (Å²) < 4.78 is 7.62. The summed E-state index contributed by atoms with van der Waals surface area (Å²) in [6.45, 7) is 6.43. The van der Waals surface area contributed by atoms with Crippen LogP contribution in [0.2, 0.25) is 0 Å². The zero-order chi connectivity index (χ0) is 21.3. The largest absolute Gasteiger partial charge is 0.495 e. The highest BCUT2D eigenvalue weighted by Gasteiger charge is 2.30. The molecule has 0 saturated heterocycles. The van der Waals surface area contributed by atoms with E-state index in [9.17, 15) is 4.79 Å². The molecule has 1 aliphatic carbocycles. The predicted octanol–water partition coefficient (Wildman–Crippen LogP) is 5.38. The topological polar surface area (TPSA) is 69.0 Å². The Morgan fingerprint density at radius 2 is 2.10 bits per heavy atom. The van der Waals surface area contributed by atoms with Crippen LogP contribution in [0.15, 0.2) is 40.9 Å². The fourth-order valence-corrected chi connectivity index (χ4v) is 4.71. The first kappa shape index (κ1) is 20.9. The number of thiophene rings is 1. The second-order valence-corrected chi connectivity index (χ2v) is 10.3. The van der Waals surface area contributed by atoms with E-state index < -0.39 is 0 Å². The average Bonchev–Trinajstić information content (AvgIpc) is 3.23. The SMILES string of the molecule is COc1ccc(C(C)(C)C)cc1NC(=O)CSc1nnc(-c2cccs2)n1C1CC1. The van der Waals surface area contributed by atoms with Gasteiger partial charge in [-0.2, -0.15) is 0 Å². The lowest BCUT2D eigenvalue weighted by Crippen LogP contribution is -2.17. The number of carbonyl (C=O) groups excluding carboxylic acids is 1. The number of methoxy groups -OCH3 is 1. The van der Waals surface area contributed by atoms with Crippen LogP contribution in [0.1, 0.15) is 45.2 Å². The van der Waals surface area contributed by atoms with Crippen molar-refractivity contribution in [3.8, 4) is 16.5 Å². The third-order valence-electron chi connectivity index (χ3n) is 4.99. The Morgan fingerprint density at radius 1 is 1.30 bits per heavy atom. The summed E-state index contributed by atoms with van der Waals surface area (Å²) >= 11 is 3.08. The van der Waals surface area contributed by atoms with Crippen LogP contribution in [-0.4, -0.2) is 33.5 Å². The van der Waals surface area contributed by atoms with E-state index >= 15 is 0 Å². The van der Waals surface area contributed by atoms with Crippen molar-refractivity contribution in [1.29, 1.82) is 0 Å². The number of hydrogen-bond acceptors (Lipinski definition) is 6. The van der Waals surface area contributed by atoms with E-state index in [4.69, 9.17) is 4.74 Å². The van der Waals surface area contributed by atoms with Crippen LogP contribution in [-0.2, 0) is 10.2 Å². The van der Waals surface area contributed by atoms with E-state index in [2.05, 4.69) is 46.9 Å². The smallest absolute Gasteiger partial charge is 0.234 e. The van der Waals surface area contributed by atoms with E-state index in [1.165, 1.54) is 11.8 Å². The van der Waals surface area contributed by atoms with Gasteiger partial charge in [0.2, 0.25) is 5.91 Å². The number of nitrogens with zero attached hydrogens (tertiary/aromatic N) is 3. The zero-order valence-electron chi connectivity index (χ0n) is 17.6. The van der Waals surface area contributed by atoms with Crippen LogP contribution in [0.4, 0.5) is 5.69 Å². The van der Waals surface area contributed by atoms with Gasteiger partial charge in [0.25, 0.3) is 0 Å². The number of rotatable bonds is 7. The lowest BCUT2D eigenvalue weighted by atomic mass is 9.87. The van der Waals surface area contributed by atoms with Crippen LogP contribution in [0.3, 0.4) is 0 Å². The maximum atomic E-state index is 12.7. The minimum atomic E-state index is -0.0904. The first-order chi connectivity index (χ1) is 14.4. The lowest BCUT2D eigenvalue weighted by molar-refractivity contribution is -0.113. The molecule has 0 bridgehead atoms. The molecular weight excluding hydrogens is 416 g/mol. The summed E-state index contributed by atoms with van der Waals surface area (Å²) in [6, 6.07) is 10.4. The number of ether oxygens (including phenoxy) is 1. The van der Waals surface area contributed by atoms with Crippen LogP contribution >= 0.6 is 23.1 Å². The second kappa shape index (κ2) is 8.43. The van der Waals surface area contributed by atoms with Crippen molar-refractivity contribution < 1.29 is 9.53 Å². The highest BCUT2D eigenvalue weighted by Crippen LogP contribution is 2.41. The second-order valence-electron chi connectivity index (χ2n) is 8.39. The molecule has 1 amide bonds. The van der Waals surface area contributed by atoms with E-state index in [0.29, 0.717) is 17.5 Å². The van der Waals surface area contributed by atoms with Crippen LogP contribution in [0.25, 0.3) is 10.7 Å². The molecule has 6 nitrogen and oxygen atoms in total. The summed E-state index contributed by atoms with van der Waals surface area (Å²) in [4.78, 5) is 13.8. The molecular formula is C22H26N4O2S2. The quantitative estimate of drug-likeness (QED) is 0.498. The van der Waals surface area contributed by atoms with E-state index in [1.54, 1.807) is 18.4 Å². The number of thioether (sulfide) groups is 1.